The number of benzene rings is 1. The molecule has 2 saturated heterocycles. The third-order valence-corrected chi connectivity index (χ3v) is 4.69. The average Bonchev–Trinajstić information content (AvgIpc) is 2.53. The molecule has 0 spiro atoms. The standard InChI is InChI=1S/C15H23N3.C4H10/c1-16-7-9-17(10-8-16)11-14-12-18(13-14)15-5-3-2-4-6-15;1-3-4-2/h2-6,14H,7-13H2,1H3;3-4H2,1-2H3. The van der Waals surface area contributed by atoms with Crippen LogP contribution in [0.25, 0.3) is 0 Å². The number of nitrogens with zero attached hydrogens (tertiary/aromatic N) is 3. The summed E-state index contributed by atoms with van der Waals surface area (Å²) in [7, 11) is 2.22. The summed E-state index contributed by atoms with van der Waals surface area (Å²) in [6.45, 7) is 13.1. The fourth-order valence-electron chi connectivity index (χ4n) is 2.93. The second kappa shape index (κ2) is 9.16. The van der Waals surface area contributed by atoms with Crippen molar-refractivity contribution in [1.29, 1.82) is 0 Å². The van der Waals surface area contributed by atoms with Crippen molar-refractivity contribution in [2.24, 2.45) is 5.92 Å². The summed E-state index contributed by atoms with van der Waals surface area (Å²) in [5.74, 6) is 0.869. The zero-order valence-electron chi connectivity index (χ0n) is 14.7. The number of anilines is 1. The van der Waals surface area contributed by atoms with Gasteiger partial charge in [-0.25, -0.2) is 0 Å². The Morgan fingerprint density at radius 1 is 0.909 bits per heavy atom. The van der Waals surface area contributed by atoms with Crippen molar-refractivity contribution in [2.45, 2.75) is 26.7 Å². The van der Waals surface area contributed by atoms with E-state index in [1.165, 1.54) is 64.3 Å². The number of unbranched alkanes of at least 4 members (excludes halogenated alkanes) is 1. The van der Waals surface area contributed by atoms with Crippen LogP contribution in [0.4, 0.5) is 5.69 Å². The second-order valence-electron chi connectivity index (χ2n) is 6.71. The third kappa shape index (κ3) is 5.29. The molecule has 3 rings (SSSR count). The molecule has 0 atom stereocenters. The van der Waals surface area contributed by atoms with Gasteiger partial charge in [-0.2, -0.15) is 0 Å². The van der Waals surface area contributed by atoms with Crippen LogP contribution < -0.4 is 4.90 Å². The van der Waals surface area contributed by atoms with Gasteiger partial charge in [0.25, 0.3) is 0 Å². The normalized spacial score (nSPS) is 20.2. The highest BCUT2D eigenvalue weighted by atomic mass is 15.3. The van der Waals surface area contributed by atoms with E-state index in [1.807, 2.05) is 0 Å². The lowest BCUT2D eigenvalue weighted by molar-refractivity contribution is 0.128. The molecule has 0 N–H and O–H groups in total. The van der Waals surface area contributed by atoms with Crippen LogP contribution in [0, 0.1) is 5.92 Å². The number of hydrogen-bond acceptors (Lipinski definition) is 3. The molecule has 1 aromatic rings. The van der Waals surface area contributed by atoms with Gasteiger partial charge in [0.15, 0.2) is 0 Å². The number of para-hydroxylation sites is 1. The lowest BCUT2D eigenvalue weighted by atomic mass is 9.98. The molecule has 0 radical (unpaired) electrons. The molecule has 2 fully saturated rings. The summed E-state index contributed by atoms with van der Waals surface area (Å²) < 4.78 is 0. The van der Waals surface area contributed by atoms with Gasteiger partial charge in [-0.05, 0) is 19.2 Å². The molecule has 0 saturated carbocycles. The van der Waals surface area contributed by atoms with E-state index in [9.17, 15) is 0 Å². The van der Waals surface area contributed by atoms with Gasteiger partial charge in [0.2, 0.25) is 0 Å². The Morgan fingerprint density at radius 3 is 2.05 bits per heavy atom. The van der Waals surface area contributed by atoms with Crippen molar-refractivity contribution >= 4 is 5.69 Å². The predicted octanol–water partition coefficient (Wildman–Crippen LogP) is 3.18. The van der Waals surface area contributed by atoms with Crippen molar-refractivity contribution in [3.05, 3.63) is 30.3 Å². The number of hydrogen-bond donors (Lipinski definition) is 0. The van der Waals surface area contributed by atoms with Gasteiger partial charge < -0.3 is 14.7 Å². The molecular formula is C19H33N3. The zero-order valence-corrected chi connectivity index (χ0v) is 14.7. The quantitative estimate of drug-likeness (QED) is 0.846. The van der Waals surface area contributed by atoms with Crippen LogP contribution >= 0.6 is 0 Å². The third-order valence-electron chi connectivity index (χ3n) is 4.69. The van der Waals surface area contributed by atoms with Gasteiger partial charge in [0, 0.05) is 57.4 Å². The highest BCUT2D eigenvalue weighted by Crippen LogP contribution is 2.24. The predicted molar refractivity (Wildman–Crippen MR) is 96.7 cm³/mol. The first-order valence-corrected chi connectivity index (χ1v) is 8.93. The minimum absolute atomic E-state index is 0.869. The molecule has 0 amide bonds. The molecular weight excluding hydrogens is 270 g/mol. The van der Waals surface area contributed by atoms with Crippen molar-refractivity contribution in [2.75, 3.05) is 57.8 Å². The molecule has 2 aliphatic rings. The van der Waals surface area contributed by atoms with E-state index in [1.54, 1.807) is 0 Å². The van der Waals surface area contributed by atoms with Gasteiger partial charge in [0.05, 0.1) is 0 Å². The summed E-state index contributed by atoms with van der Waals surface area (Å²) in [6, 6.07) is 10.8. The van der Waals surface area contributed by atoms with Gasteiger partial charge in [-0.15, -0.1) is 0 Å². The van der Waals surface area contributed by atoms with Crippen LogP contribution in [-0.2, 0) is 0 Å². The summed E-state index contributed by atoms with van der Waals surface area (Å²) in [4.78, 5) is 7.54. The van der Waals surface area contributed by atoms with Crippen LogP contribution in [0.3, 0.4) is 0 Å². The number of rotatable bonds is 4. The van der Waals surface area contributed by atoms with Crippen molar-refractivity contribution < 1.29 is 0 Å². The maximum atomic E-state index is 2.63. The number of piperazine rings is 1. The van der Waals surface area contributed by atoms with E-state index in [2.05, 4.69) is 65.9 Å². The Labute approximate surface area is 136 Å². The molecule has 3 nitrogen and oxygen atoms in total. The summed E-state index contributed by atoms with van der Waals surface area (Å²) in [6.07, 6.45) is 2.64. The van der Waals surface area contributed by atoms with E-state index in [0.717, 1.165) is 5.92 Å². The largest absolute Gasteiger partial charge is 0.371 e. The van der Waals surface area contributed by atoms with E-state index >= 15 is 0 Å². The molecule has 124 valence electrons. The van der Waals surface area contributed by atoms with Crippen molar-refractivity contribution in [3.8, 4) is 0 Å². The average molecular weight is 303 g/mol. The van der Waals surface area contributed by atoms with Crippen LogP contribution in [0.15, 0.2) is 30.3 Å². The lowest BCUT2D eigenvalue weighted by Crippen LogP contribution is -2.54. The highest BCUT2D eigenvalue weighted by Gasteiger charge is 2.29. The fourth-order valence-corrected chi connectivity index (χ4v) is 2.93. The molecule has 0 bridgehead atoms. The van der Waals surface area contributed by atoms with E-state index in [0.29, 0.717) is 0 Å². The minimum atomic E-state index is 0.869. The van der Waals surface area contributed by atoms with E-state index in [4.69, 9.17) is 0 Å². The second-order valence-corrected chi connectivity index (χ2v) is 6.71. The first-order chi connectivity index (χ1) is 10.7. The summed E-state index contributed by atoms with van der Waals surface area (Å²) >= 11 is 0. The van der Waals surface area contributed by atoms with Crippen LogP contribution in [0.5, 0.6) is 0 Å². The molecule has 22 heavy (non-hydrogen) atoms. The fraction of sp³-hybridized carbons (Fsp3) is 0.684. The Morgan fingerprint density at radius 2 is 1.50 bits per heavy atom. The highest BCUT2D eigenvalue weighted by molar-refractivity contribution is 5.48. The monoisotopic (exact) mass is 303 g/mol. The molecule has 2 aliphatic heterocycles. The van der Waals surface area contributed by atoms with Crippen LogP contribution in [0.1, 0.15) is 26.7 Å². The Bertz CT molecular complexity index is 390. The molecule has 0 aromatic heterocycles. The Balaban J connectivity index is 0.000000396. The molecule has 0 aliphatic carbocycles. The topological polar surface area (TPSA) is 9.72 Å². The zero-order chi connectivity index (χ0) is 15.8. The SMILES string of the molecule is CCCC.CN1CCN(CC2CN(c3ccccc3)C2)CC1. The minimum Gasteiger partial charge on any atom is -0.371 e. The first-order valence-electron chi connectivity index (χ1n) is 8.93. The molecule has 3 heteroatoms. The number of likely N-dealkylation sites (N-methyl/N-ethyl adjacent to an activating group) is 1. The van der Waals surface area contributed by atoms with E-state index < -0.39 is 0 Å². The maximum absolute atomic E-state index is 2.63. The lowest BCUT2D eigenvalue weighted by Gasteiger charge is -2.44. The summed E-state index contributed by atoms with van der Waals surface area (Å²) in [5.41, 5.74) is 1.38. The van der Waals surface area contributed by atoms with Gasteiger partial charge in [-0.3, -0.25) is 0 Å². The molecule has 1 aromatic carbocycles. The van der Waals surface area contributed by atoms with Gasteiger partial charge >= 0.3 is 0 Å². The molecule has 2 heterocycles. The van der Waals surface area contributed by atoms with Crippen LogP contribution in [0.2, 0.25) is 0 Å². The first kappa shape index (κ1) is 17.3. The van der Waals surface area contributed by atoms with Crippen molar-refractivity contribution in [3.63, 3.8) is 0 Å². The maximum Gasteiger partial charge on any atom is 0.0366 e. The Kier molecular flexibility index (Phi) is 7.20. The smallest absolute Gasteiger partial charge is 0.0366 e. The molecule has 0 unspecified atom stereocenters. The Hall–Kier alpha value is -1.06. The van der Waals surface area contributed by atoms with Gasteiger partial charge in [-0.1, -0.05) is 44.9 Å². The summed E-state index contributed by atoms with van der Waals surface area (Å²) in [5, 5.41) is 0. The van der Waals surface area contributed by atoms with Crippen molar-refractivity contribution in [1.82, 2.24) is 9.80 Å². The van der Waals surface area contributed by atoms with Crippen LogP contribution in [-0.4, -0.2) is 62.7 Å². The van der Waals surface area contributed by atoms with E-state index in [-0.39, 0.29) is 0 Å². The van der Waals surface area contributed by atoms with Gasteiger partial charge in [0.1, 0.15) is 0 Å².